The lowest BCUT2D eigenvalue weighted by Crippen LogP contribution is -2.31. The first-order valence-corrected chi connectivity index (χ1v) is 9.19. The maximum atomic E-state index is 4.41. The molecule has 0 radical (unpaired) electrons. The molecule has 25 heavy (non-hydrogen) atoms. The lowest BCUT2D eigenvalue weighted by molar-refractivity contribution is 0.454. The SMILES string of the molecule is C=C(N/C(C)=C/C(=NC)C(C)(C)C)NC1CCC(C)c2ccccc21. The summed E-state index contributed by atoms with van der Waals surface area (Å²) in [7, 11) is 1.84. The topological polar surface area (TPSA) is 36.4 Å². The molecule has 3 nitrogen and oxygen atoms in total. The first kappa shape index (κ1) is 19.3. The molecule has 2 rings (SSSR count). The maximum Gasteiger partial charge on any atom is 0.0959 e. The number of allylic oxidation sites excluding steroid dienone is 2. The molecule has 2 atom stereocenters. The van der Waals surface area contributed by atoms with E-state index in [0.29, 0.717) is 12.0 Å². The van der Waals surface area contributed by atoms with E-state index in [1.807, 2.05) is 7.05 Å². The van der Waals surface area contributed by atoms with Crippen LogP contribution >= 0.6 is 0 Å². The Hall–Kier alpha value is -2.03. The summed E-state index contributed by atoms with van der Waals surface area (Å²) >= 11 is 0. The van der Waals surface area contributed by atoms with Gasteiger partial charge in [0.1, 0.15) is 0 Å². The average Bonchev–Trinajstić information content (AvgIpc) is 2.54. The zero-order chi connectivity index (χ0) is 18.6. The third-order valence-corrected chi connectivity index (χ3v) is 4.85. The van der Waals surface area contributed by atoms with Crippen LogP contribution in [0.1, 0.15) is 70.5 Å². The van der Waals surface area contributed by atoms with E-state index in [4.69, 9.17) is 0 Å². The minimum atomic E-state index is 0.0326. The van der Waals surface area contributed by atoms with Gasteiger partial charge in [-0.1, -0.05) is 58.5 Å². The van der Waals surface area contributed by atoms with E-state index in [1.165, 1.54) is 17.5 Å². The van der Waals surface area contributed by atoms with E-state index in [1.54, 1.807) is 0 Å². The van der Waals surface area contributed by atoms with Crippen LogP contribution in [0.15, 0.2) is 53.4 Å². The Bertz CT molecular complexity index is 677. The largest absolute Gasteiger partial charge is 0.365 e. The van der Waals surface area contributed by atoms with Crippen LogP contribution in [0.4, 0.5) is 0 Å². The fourth-order valence-electron chi connectivity index (χ4n) is 3.50. The van der Waals surface area contributed by atoms with Crippen LogP contribution in [0.5, 0.6) is 0 Å². The fraction of sp³-hybridized carbons (Fsp3) is 0.500. The number of nitrogens with zero attached hydrogens (tertiary/aromatic N) is 1. The van der Waals surface area contributed by atoms with Crippen molar-refractivity contribution in [3.63, 3.8) is 0 Å². The van der Waals surface area contributed by atoms with Gasteiger partial charge in [0.2, 0.25) is 0 Å². The van der Waals surface area contributed by atoms with E-state index in [-0.39, 0.29) is 5.41 Å². The minimum Gasteiger partial charge on any atom is -0.365 e. The molecule has 0 aromatic heterocycles. The van der Waals surface area contributed by atoms with Crippen LogP contribution in [-0.2, 0) is 0 Å². The normalized spacial score (nSPS) is 21.5. The number of rotatable bonds is 5. The first-order valence-electron chi connectivity index (χ1n) is 9.19. The lowest BCUT2D eigenvalue weighted by Gasteiger charge is -2.31. The van der Waals surface area contributed by atoms with Gasteiger partial charge in [-0.2, -0.15) is 0 Å². The summed E-state index contributed by atoms with van der Waals surface area (Å²) < 4.78 is 0. The third kappa shape index (κ3) is 4.97. The summed E-state index contributed by atoms with van der Waals surface area (Å²) in [5.74, 6) is 1.47. The van der Waals surface area contributed by atoms with Crippen molar-refractivity contribution in [3.05, 3.63) is 59.6 Å². The van der Waals surface area contributed by atoms with Crippen LogP contribution in [0.3, 0.4) is 0 Å². The molecule has 0 saturated carbocycles. The summed E-state index contributed by atoms with van der Waals surface area (Å²) in [6.45, 7) is 15.1. The van der Waals surface area contributed by atoms with Crippen LogP contribution in [0, 0.1) is 5.41 Å². The summed E-state index contributed by atoms with van der Waals surface area (Å²) in [5.41, 5.74) is 5.01. The number of benzene rings is 1. The highest BCUT2D eigenvalue weighted by atomic mass is 15.1. The molecule has 136 valence electrons. The Morgan fingerprint density at radius 1 is 1.20 bits per heavy atom. The van der Waals surface area contributed by atoms with Gasteiger partial charge in [-0.15, -0.1) is 0 Å². The third-order valence-electron chi connectivity index (χ3n) is 4.85. The smallest absolute Gasteiger partial charge is 0.0959 e. The summed E-state index contributed by atoms with van der Waals surface area (Å²) in [6.07, 6.45) is 4.43. The molecule has 2 N–H and O–H groups in total. The molecule has 0 aliphatic heterocycles. The Morgan fingerprint density at radius 2 is 1.84 bits per heavy atom. The number of aliphatic imine (C=N–C) groups is 1. The van der Waals surface area contributed by atoms with Gasteiger partial charge in [-0.05, 0) is 42.9 Å². The summed E-state index contributed by atoms with van der Waals surface area (Å²) in [5, 5.41) is 6.95. The number of nitrogens with one attached hydrogen (secondary N) is 2. The second kappa shape index (κ2) is 7.90. The Balaban J connectivity index is 2.05. The predicted octanol–water partition coefficient (Wildman–Crippen LogP) is 5.30. The molecule has 0 heterocycles. The quantitative estimate of drug-likeness (QED) is 0.715. The minimum absolute atomic E-state index is 0.0326. The number of fused-ring (bicyclic) bond motifs is 1. The van der Waals surface area contributed by atoms with Crippen molar-refractivity contribution in [3.8, 4) is 0 Å². The van der Waals surface area contributed by atoms with Gasteiger partial charge in [0.25, 0.3) is 0 Å². The molecular weight excluding hydrogens is 306 g/mol. The number of hydrogen-bond acceptors (Lipinski definition) is 3. The predicted molar refractivity (Wildman–Crippen MR) is 109 cm³/mol. The van der Waals surface area contributed by atoms with E-state index in [9.17, 15) is 0 Å². The van der Waals surface area contributed by atoms with E-state index < -0.39 is 0 Å². The Labute approximate surface area is 153 Å². The molecule has 1 aromatic carbocycles. The summed E-state index contributed by atoms with van der Waals surface area (Å²) in [6, 6.07) is 9.07. The van der Waals surface area contributed by atoms with Crippen LogP contribution in [0.25, 0.3) is 0 Å². The van der Waals surface area contributed by atoms with Gasteiger partial charge in [0, 0.05) is 23.9 Å². The standard InChI is InChI=1S/C22H33N3/c1-15-12-13-20(19-11-9-8-10-18(15)19)25-17(3)24-16(2)14-21(23-7)22(4,5)6/h8-11,14-15,20,24-25H,3,12-13H2,1-2,4-7H3/b16-14+,23-21?. The van der Waals surface area contributed by atoms with Crippen molar-refractivity contribution >= 4 is 5.71 Å². The van der Waals surface area contributed by atoms with Gasteiger partial charge in [0.05, 0.1) is 11.9 Å². The second-order valence-corrected chi connectivity index (χ2v) is 8.09. The molecule has 0 saturated heterocycles. The van der Waals surface area contributed by atoms with Crippen LogP contribution in [0.2, 0.25) is 0 Å². The van der Waals surface area contributed by atoms with Crippen molar-refractivity contribution in [1.82, 2.24) is 10.6 Å². The second-order valence-electron chi connectivity index (χ2n) is 8.09. The van der Waals surface area contributed by atoms with Gasteiger partial charge >= 0.3 is 0 Å². The molecule has 0 bridgehead atoms. The van der Waals surface area contributed by atoms with Gasteiger partial charge < -0.3 is 10.6 Å². The average molecular weight is 340 g/mol. The first-order chi connectivity index (χ1) is 11.7. The van der Waals surface area contributed by atoms with Gasteiger partial charge in [-0.25, -0.2) is 0 Å². The maximum absolute atomic E-state index is 4.41. The monoisotopic (exact) mass is 339 g/mol. The zero-order valence-electron chi connectivity index (χ0n) is 16.6. The zero-order valence-corrected chi connectivity index (χ0v) is 16.6. The van der Waals surface area contributed by atoms with E-state index in [0.717, 1.165) is 23.7 Å². The van der Waals surface area contributed by atoms with Crippen LogP contribution in [-0.4, -0.2) is 12.8 Å². The number of hydrogen-bond donors (Lipinski definition) is 2. The Kier molecular flexibility index (Phi) is 6.10. The highest BCUT2D eigenvalue weighted by Gasteiger charge is 2.24. The van der Waals surface area contributed by atoms with Gasteiger partial charge in [-0.3, -0.25) is 4.99 Å². The Morgan fingerprint density at radius 3 is 2.44 bits per heavy atom. The molecule has 2 unspecified atom stereocenters. The molecular formula is C22H33N3. The molecule has 0 fully saturated rings. The molecule has 1 aromatic rings. The molecule has 0 amide bonds. The van der Waals surface area contributed by atoms with E-state index >= 15 is 0 Å². The van der Waals surface area contributed by atoms with Crippen molar-refractivity contribution in [2.45, 2.75) is 59.4 Å². The van der Waals surface area contributed by atoms with Gasteiger partial charge in [0.15, 0.2) is 0 Å². The fourth-order valence-corrected chi connectivity index (χ4v) is 3.50. The van der Waals surface area contributed by atoms with Crippen molar-refractivity contribution in [1.29, 1.82) is 0 Å². The lowest BCUT2D eigenvalue weighted by atomic mass is 9.81. The molecule has 1 aliphatic rings. The highest BCUT2D eigenvalue weighted by molar-refractivity contribution is 5.99. The summed E-state index contributed by atoms with van der Waals surface area (Å²) in [4.78, 5) is 4.41. The molecule has 0 spiro atoms. The molecule has 1 aliphatic carbocycles. The molecule has 3 heteroatoms. The van der Waals surface area contributed by atoms with Crippen LogP contribution < -0.4 is 10.6 Å². The van der Waals surface area contributed by atoms with Crippen molar-refractivity contribution < 1.29 is 0 Å². The van der Waals surface area contributed by atoms with Crippen molar-refractivity contribution in [2.75, 3.05) is 7.05 Å². The highest BCUT2D eigenvalue weighted by Crippen LogP contribution is 2.37. The van der Waals surface area contributed by atoms with E-state index in [2.05, 4.69) is 87.2 Å². The van der Waals surface area contributed by atoms with Crippen molar-refractivity contribution in [2.24, 2.45) is 10.4 Å².